The molecule has 0 atom stereocenters. The van der Waals surface area contributed by atoms with Gasteiger partial charge in [-0.25, -0.2) is 0 Å². The van der Waals surface area contributed by atoms with Crippen LogP contribution >= 0.6 is 0 Å². The molecule has 0 saturated heterocycles. The van der Waals surface area contributed by atoms with Crippen LogP contribution in [0.25, 0.3) is 0 Å². The first-order valence-corrected chi connectivity index (χ1v) is 5.75. The van der Waals surface area contributed by atoms with Gasteiger partial charge in [0.15, 0.2) is 0 Å². The molecule has 18 heavy (non-hydrogen) atoms. The second-order valence-corrected chi connectivity index (χ2v) is 3.81. The van der Waals surface area contributed by atoms with Crippen LogP contribution in [-0.4, -0.2) is 44.0 Å². The molecule has 0 aromatic heterocycles. The van der Waals surface area contributed by atoms with Crippen LogP contribution in [0.15, 0.2) is 24.3 Å². The van der Waals surface area contributed by atoms with Gasteiger partial charge in [-0.15, -0.1) is 0 Å². The predicted molar refractivity (Wildman–Crippen MR) is 69.6 cm³/mol. The van der Waals surface area contributed by atoms with Gasteiger partial charge < -0.3 is 15.0 Å². The molecule has 0 unspecified atom stereocenters. The van der Waals surface area contributed by atoms with E-state index in [1.54, 1.807) is 19.2 Å². The molecule has 1 rings (SSSR count). The maximum atomic E-state index is 12.2. The SMILES string of the molecule is CCNc1ccccc1C(=O)N(C)CC(=O)OC. The maximum Gasteiger partial charge on any atom is 0.325 e. The fourth-order valence-corrected chi connectivity index (χ4v) is 1.55. The summed E-state index contributed by atoms with van der Waals surface area (Å²) in [5, 5.41) is 3.12. The highest BCUT2D eigenvalue weighted by Gasteiger charge is 2.17. The molecule has 0 aliphatic carbocycles. The lowest BCUT2D eigenvalue weighted by Crippen LogP contribution is -2.33. The summed E-state index contributed by atoms with van der Waals surface area (Å²) in [5.41, 5.74) is 1.31. The Balaban J connectivity index is 2.86. The third-order valence-corrected chi connectivity index (χ3v) is 2.47. The topological polar surface area (TPSA) is 58.6 Å². The van der Waals surface area contributed by atoms with Crippen molar-refractivity contribution in [3.8, 4) is 0 Å². The summed E-state index contributed by atoms with van der Waals surface area (Å²) >= 11 is 0. The number of benzene rings is 1. The standard InChI is InChI=1S/C13H18N2O3/c1-4-14-11-8-6-5-7-10(11)13(17)15(2)9-12(16)18-3/h5-8,14H,4,9H2,1-3H3. The van der Waals surface area contributed by atoms with Crippen molar-refractivity contribution in [1.29, 1.82) is 0 Å². The molecule has 0 saturated carbocycles. The first kappa shape index (κ1) is 14.0. The van der Waals surface area contributed by atoms with E-state index in [1.807, 2.05) is 19.1 Å². The fourth-order valence-electron chi connectivity index (χ4n) is 1.55. The van der Waals surface area contributed by atoms with Crippen molar-refractivity contribution in [1.82, 2.24) is 4.90 Å². The van der Waals surface area contributed by atoms with Crippen LogP contribution in [0, 0.1) is 0 Å². The Hall–Kier alpha value is -2.04. The number of rotatable bonds is 5. The zero-order chi connectivity index (χ0) is 13.5. The number of nitrogens with zero attached hydrogens (tertiary/aromatic N) is 1. The van der Waals surface area contributed by atoms with E-state index in [0.717, 1.165) is 12.2 Å². The first-order valence-electron chi connectivity index (χ1n) is 5.75. The number of esters is 1. The van der Waals surface area contributed by atoms with Crippen LogP contribution in [0.1, 0.15) is 17.3 Å². The van der Waals surface area contributed by atoms with Crippen molar-refractivity contribution in [3.63, 3.8) is 0 Å². The van der Waals surface area contributed by atoms with Gasteiger partial charge in [0, 0.05) is 19.3 Å². The van der Waals surface area contributed by atoms with Gasteiger partial charge in [0.2, 0.25) is 0 Å². The number of ether oxygens (including phenoxy) is 1. The summed E-state index contributed by atoms with van der Waals surface area (Å²) in [6.07, 6.45) is 0. The molecule has 0 aliphatic heterocycles. The van der Waals surface area contributed by atoms with E-state index in [1.165, 1.54) is 12.0 Å². The molecule has 1 N–H and O–H groups in total. The van der Waals surface area contributed by atoms with Crippen molar-refractivity contribution < 1.29 is 14.3 Å². The zero-order valence-corrected chi connectivity index (χ0v) is 10.9. The van der Waals surface area contributed by atoms with Crippen LogP contribution < -0.4 is 5.32 Å². The molecule has 1 aromatic carbocycles. The zero-order valence-electron chi connectivity index (χ0n) is 10.9. The molecule has 0 aliphatic rings. The van der Waals surface area contributed by atoms with Crippen molar-refractivity contribution in [2.24, 2.45) is 0 Å². The number of likely N-dealkylation sites (N-methyl/N-ethyl adjacent to an activating group) is 1. The van der Waals surface area contributed by atoms with Crippen molar-refractivity contribution in [2.45, 2.75) is 6.92 Å². The largest absolute Gasteiger partial charge is 0.468 e. The van der Waals surface area contributed by atoms with Crippen LogP contribution in [0.5, 0.6) is 0 Å². The number of carbonyl (C=O) groups is 2. The maximum absolute atomic E-state index is 12.2. The minimum atomic E-state index is -0.438. The second kappa shape index (κ2) is 6.64. The Kier molecular flexibility index (Phi) is 5.17. The number of hydrogen-bond acceptors (Lipinski definition) is 4. The van der Waals surface area contributed by atoms with Crippen LogP contribution in [0.4, 0.5) is 5.69 Å². The Morgan fingerprint density at radius 3 is 2.61 bits per heavy atom. The average Bonchev–Trinajstić information content (AvgIpc) is 2.38. The molecule has 98 valence electrons. The highest BCUT2D eigenvalue weighted by atomic mass is 16.5. The molecular weight excluding hydrogens is 232 g/mol. The van der Waals surface area contributed by atoms with Crippen LogP contribution in [0.3, 0.4) is 0 Å². The van der Waals surface area contributed by atoms with Crippen molar-refractivity contribution in [3.05, 3.63) is 29.8 Å². The summed E-state index contributed by atoms with van der Waals surface area (Å²) in [4.78, 5) is 24.6. The highest BCUT2D eigenvalue weighted by Crippen LogP contribution is 2.16. The van der Waals surface area contributed by atoms with E-state index in [0.29, 0.717) is 5.56 Å². The smallest absolute Gasteiger partial charge is 0.325 e. The fraction of sp³-hybridized carbons (Fsp3) is 0.385. The molecule has 0 fully saturated rings. The molecule has 5 heteroatoms. The number of nitrogens with one attached hydrogen (secondary N) is 1. The normalized spacial score (nSPS) is 9.72. The third kappa shape index (κ3) is 3.48. The minimum Gasteiger partial charge on any atom is -0.468 e. The van der Waals surface area contributed by atoms with E-state index < -0.39 is 5.97 Å². The lowest BCUT2D eigenvalue weighted by atomic mass is 10.1. The van der Waals surface area contributed by atoms with Gasteiger partial charge in [0.25, 0.3) is 5.91 Å². The number of hydrogen-bond donors (Lipinski definition) is 1. The summed E-state index contributed by atoms with van der Waals surface area (Å²) in [6, 6.07) is 7.21. The van der Waals surface area contributed by atoms with Gasteiger partial charge in [-0.05, 0) is 19.1 Å². The summed E-state index contributed by atoms with van der Waals surface area (Å²) in [7, 11) is 2.87. The van der Waals surface area contributed by atoms with Gasteiger partial charge in [0.05, 0.1) is 12.7 Å². The van der Waals surface area contributed by atoms with Crippen molar-refractivity contribution >= 4 is 17.6 Å². The molecule has 5 nitrogen and oxygen atoms in total. The lowest BCUT2D eigenvalue weighted by molar-refractivity contribution is -0.141. The number of amides is 1. The molecular formula is C13H18N2O3. The summed E-state index contributed by atoms with van der Waals surface area (Å²) < 4.78 is 4.54. The molecule has 1 amide bonds. The Labute approximate surface area is 107 Å². The first-order chi connectivity index (χ1) is 8.60. The Bertz CT molecular complexity index is 432. The summed E-state index contributed by atoms with van der Waals surface area (Å²) in [6.45, 7) is 2.63. The van der Waals surface area contributed by atoms with Crippen LogP contribution in [-0.2, 0) is 9.53 Å². The van der Waals surface area contributed by atoms with E-state index in [9.17, 15) is 9.59 Å². The molecule has 0 heterocycles. The predicted octanol–water partition coefficient (Wildman–Crippen LogP) is 1.36. The van der Waals surface area contributed by atoms with Crippen LogP contribution in [0.2, 0.25) is 0 Å². The lowest BCUT2D eigenvalue weighted by Gasteiger charge is -2.18. The molecule has 1 aromatic rings. The quantitative estimate of drug-likeness (QED) is 0.802. The number of carbonyl (C=O) groups excluding carboxylic acids is 2. The van der Waals surface area contributed by atoms with Gasteiger partial charge in [-0.2, -0.15) is 0 Å². The van der Waals surface area contributed by atoms with E-state index in [2.05, 4.69) is 10.1 Å². The van der Waals surface area contributed by atoms with Gasteiger partial charge >= 0.3 is 5.97 Å². The Morgan fingerprint density at radius 1 is 1.33 bits per heavy atom. The number of para-hydroxylation sites is 1. The van der Waals surface area contributed by atoms with Gasteiger partial charge in [-0.1, -0.05) is 12.1 Å². The van der Waals surface area contributed by atoms with Gasteiger partial charge in [0.1, 0.15) is 6.54 Å². The van der Waals surface area contributed by atoms with E-state index in [4.69, 9.17) is 0 Å². The third-order valence-electron chi connectivity index (χ3n) is 2.47. The Morgan fingerprint density at radius 2 is 2.00 bits per heavy atom. The molecule has 0 spiro atoms. The minimum absolute atomic E-state index is 0.0597. The average molecular weight is 250 g/mol. The molecule has 0 bridgehead atoms. The monoisotopic (exact) mass is 250 g/mol. The van der Waals surface area contributed by atoms with Gasteiger partial charge in [-0.3, -0.25) is 9.59 Å². The van der Waals surface area contributed by atoms with E-state index in [-0.39, 0.29) is 12.5 Å². The molecule has 0 radical (unpaired) electrons. The second-order valence-electron chi connectivity index (χ2n) is 3.81. The van der Waals surface area contributed by atoms with E-state index >= 15 is 0 Å². The number of methoxy groups -OCH3 is 1. The van der Waals surface area contributed by atoms with Crippen molar-refractivity contribution in [2.75, 3.05) is 32.6 Å². The number of anilines is 1. The highest BCUT2D eigenvalue weighted by molar-refractivity contribution is 6.00. The summed E-state index contributed by atoms with van der Waals surface area (Å²) in [5.74, 6) is -0.649.